The monoisotopic (exact) mass is 222 g/mol. The standard InChI is InChI=1S/C14H22O2/c1-4-10-14(15,11-5-2)12-8-6-7-9-13(12)16-3/h6-9,15H,4-5,10-11H2,1-3H3. The van der Waals surface area contributed by atoms with Crippen LogP contribution in [0.2, 0.25) is 0 Å². The quantitative estimate of drug-likeness (QED) is 0.798. The van der Waals surface area contributed by atoms with Gasteiger partial charge in [0.15, 0.2) is 0 Å². The average Bonchev–Trinajstić information content (AvgIpc) is 2.29. The molecule has 0 spiro atoms. The number of aliphatic hydroxyl groups is 1. The van der Waals surface area contributed by atoms with Gasteiger partial charge in [0, 0.05) is 5.56 Å². The average molecular weight is 222 g/mol. The van der Waals surface area contributed by atoms with Crippen LogP contribution in [0.4, 0.5) is 0 Å². The zero-order valence-corrected chi connectivity index (χ0v) is 10.5. The molecular formula is C14H22O2. The van der Waals surface area contributed by atoms with Gasteiger partial charge in [0.25, 0.3) is 0 Å². The summed E-state index contributed by atoms with van der Waals surface area (Å²) in [6.45, 7) is 4.19. The normalized spacial score (nSPS) is 11.5. The molecule has 90 valence electrons. The Morgan fingerprint density at radius 3 is 2.19 bits per heavy atom. The Morgan fingerprint density at radius 2 is 1.69 bits per heavy atom. The SMILES string of the molecule is CCCC(O)(CCC)c1ccccc1OC. The lowest BCUT2D eigenvalue weighted by Gasteiger charge is -2.29. The first-order valence-corrected chi connectivity index (χ1v) is 6.03. The van der Waals surface area contributed by atoms with Crippen molar-refractivity contribution in [1.82, 2.24) is 0 Å². The van der Waals surface area contributed by atoms with Gasteiger partial charge in [0.1, 0.15) is 5.75 Å². The predicted octanol–water partition coefficient (Wildman–Crippen LogP) is 3.48. The number of methoxy groups -OCH3 is 1. The zero-order valence-electron chi connectivity index (χ0n) is 10.5. The number of hydrogen-bond donors (Lipinski definition) is 1. The van der Waals surface area contributed by atoms with E-state index in [4.69, 9.17) is 4.74 Å². The minimum atomic E-state index is -0.740. The number of benzene rings is 1. The van der Waals surface area contributed by atoms with E-state index in [0.717, 1.165) is 37.0 Å². The molecule has 2 heteroatoms. The van der Waals surface area contributed by atoms with Gasteiger partial charge in [-0.15, -0.1) is 0 Å². The summed E-state index contributed by atoms with van der Waals surface area (Å²) in [7, 11) is 1.65. The van der Waals surface area contributed by atoms with E-state index in [1.165, 1.54) is 0 Å². The molecule has 0 fully saturated rings. The third kappa shape index (κ3) is 2.76. The summed E-state index contributed by atoms with van der Waals surface area (Å²) in [5.41, 5.74) is 0.178. The highest BCUT2D eigenvalue weighted by molar-refractivity contribution is 5.37. The Hall–Kier alpha value is -1.02. The molecule has 0 aliphatic rings. The van der Waals surface area contributed by atoms with E-state index in [2.05, 4.69) is 13.8 Å². The fraction of sp³-hybridized carbons (Fsp3) is 0.571. The van der Waals surface area contributed by atoms with E-state index in [0.29, 0.717) is 0 Å². The van der Waals surface area contributed by atoms with E-state index in [9.17, 15) is 5.11 Å². The van der Waals surface area contributed by atoms with Crippen molar-refractivity contribution < 1.29 is 9.84 Å². The summed E-state index contributed by atoms with van der Waals surface area (Å²) < 4.78 is 5.32. The van der Waals surface area contributed by atoms with E-state index in [1.54, 1.807) is 7.11 Å². The molecule has 16 heavy (non-hydrogen) atoms. The molecule has 0 radical (unpaired) electrons. The first kappa shape index (κ1) is 13.0. The molecule has 0 unspecified atom stereocenters. The van der Waals surface area contributed by atoms with Crippen molar-refractivity contribution in [3.05, 3.63) is 29.8 Å². The van der Waals surface area contributed by atoms with Crippen molar-refractivity contribution in [2.45, 2.75) is 45.1 Å². The second kappa shape index (κ2) is 5.90. The van der Waals surface area contributed by atoms with Gasteiger partial charge in [0.05, 0.1) is 12.7 Å². The Morgan fingerprint density at radius 1 is 1.12 bits per heavy atom. The maximum Gasteiger partial charge on any atom is 0.124 e. The highest BCUT2D eigenvalue weighted by atomic mass is 16.5. The molecule has 1 N–H and O–H groups in total. The maximum absolute atomic E-state index is 10.7. The van der Waals surface area contributed by atoms with Crippen LogP contribution in [-0.2, 0) is 5.60 Å². The van der Waals surface area contributed by atoms with Gasteiger partial charge in [-0.3, -0.25) is 0 Å². The molecule has 0 saturated carbocycles. The Labute approximate surface area is 98.3 Å². The molecule has 0 saturated heterocycles. The summed E-state index contributed by atoms with van der Waals surface area (Å²) in [6, 6.07) is 7.75. The molecule has 0 aliphatic carbocycles. The van der Waals surface area contributed by atoms with Crippen molar-refractivity contribution in [3.63, 3.8) is 0 Å². The van der Waals surface area contributed by atoms with Crippen LogP contribution in [0.15, 0.2) is 24.3 Å². The number of para-hydroxylation sites is 1. The topological polar surface area (TPSA) is 29.5 Å². The van der Waals surface area contributed by atoms with E-state index in [-0.39, 0.29) is 0 Å². The van der Waals surface area contributed by atoms with Crippen LogP contribution in [0.1, 0.15) is 45.1 Å². The largest absolute Gasteiger partial charge is 0.496 e. The molecule has 0 aromatic heterocycles. The van der Waals surface area contributed by atoms with Crippen LogP contribution in [0.25, 0.3) is 0 Å². The highest BCUT2D eigenvalue weighted by Gasteiger charge is 2.29. The van der Waals surface area contributed by atoms with E-state index < -0.39 is 5.60 Å². The molecule has 1 aromatic carbocycles. The number of ether oxygens (including phenoxy) is 1. The summed E-state index contributed by atoms with van der Waals surface area (Å²) in [5.74, 6) is 0.784. The molecule has 1 aromatic rings. The third-order valence-electron chi connectivity index (χ3n) is 2.94. The fourth-order valence-corrected chi connectivity index (χ4v) is 2.25. The number of hydrogen-bond acceptors (Lipinski definition) is 2. The first-order valence-electron chi connectivity index (χ1n) is 6.03. The lowest BCUT2D eigenvalue weighted by molar-refractivity contribution is 0.0148. The summed E-state index contributed by atoms with van der Waals surface area (Å²) in [5, 5.41) is 10.7. The molecule has 0 aliphatic heterocycles. The van der Waals surface area contributed by atoms with Crippen LogP contribution in [0.5, 0.6) is 5.75 Å². The molecule has 0 bridgehead atoms. The minimum absolute atomic E-state index is 0.740. The van der Waals surface area contributed by atoms with Crippen LogP contribution in [0, 0.1) is 0 Å². The van der Waals surface area contributed by atoms with Gasteiger partial charge < -0.3 is 9.84 Å². The summed E-state index contributed by atoms with van der Waals surface area (Å²) in [4.78, 5) is 0. The van der Waals surface area contributed by atoms with Crippen molar-refractivity contribution in [2.24, 2.45) is 0 Å². The van der Waals surface area contributed by atoms with Crippen molar-refractivity contribution in [3.8, 4) is 5.75 Å². The second-order valence-electron chi connectivity index (χ2n) is 4.23. The van der Waals surface area contributed by atoms with Crippen molar-refractivity contribution in [2.75, 3.05) is 7.11 Å². The van der Waals surface area contributed by atoms with Crippen molar-refractivity contribution >= 4 is 0 Å². The lowest BCUT2D eigenvalue weighted by Crippen LogP contribution is -2.25. The molecule has 1 rings (SSSR count). The molecule has 0 atom stereocenters. The van der Waals surface area contributed by atoms with Crippen LogP contribution >= 0.6 is 0 Å². The Balaban J connectivity index is 3.09. The molecule has 2 nitrogen and oxygen atoms in total. The Bertz CT molecular complexity index is 314. The van der Waals surface area contributed by atoms with Gasteiger partial charge >= 0.3 is 0 Å². The van der Waals surface area contributed by atoms with Crippen molar-refractivity contribution in [1.29, 1.82) is 0 Å². The Kier molecular flexibility index (Phi) is 4.81. The molecule has 0 heterocycles. The van der Waals surface area contributed by atoms with Gasteiger partial charge in [-0.05, 0) is 18.9 Å². The van der Waals surface area contributed by atoms with Gasteiger partial charge in [0.2, 0.25) is 0 Å². The van der Waals surface area contributed by atoms with Gasteiger partial charge in [-0.2, -0.15) is 0 Å². The first-order chi connectivity index (χ1) is 7.68. The van der Waals surface area contributed by atoms with Crippen LogP contribution in [-0.4, -0.2) is 12.2 Å². The molecule has 0 amide bonds. The second-order valence-corrected chi connectivity index (χ2v) is 4.23. The summed E-state index contributed by atoms with van der Waals surface area (Å²) >= 11 is 0. The number of rotatable bonds is 6. The minimum Gasteiger partial charge on any atom is -0.496 e. The highest BCUT2D eigenvalue weighted by Crippen LogP contribution is 2.36. The molecular weight excluding hydrogens is 200 g/mol. The van der Waals surface area contributed by atoms with Crippen LogP contribution < -0.4 is 4.74 Å². The van der Waals surface area contributed by atoms with Gasteiger partial charge in [-0.1, -0.05) is 44.9 Å². The summed E-state index contributed by atoms with van der Waals surface area (Å²) in [6.07, 6.45) is 3.49. The smallest absolute Gasteiger partial charge is 0.124 e. The zero-order chi connectivity index (χ0) is 12.0. The predicted molar refractivity (Wildman–Crippen MR) is 66.7 cm³/mol. The van der Waals surface area contributed by atoms with E-state index in [1.807, 2.05) is 24.3 Å². The van der Waals surface area contributed by atoms with Crippen LogP contribution in [0.3, 0.4) is 0 Å². The fourth-order valence-electron chi connectivity index (χ4n) is 2.25. The van der Waals surface area contributed by atoms with E-state index >= 15 is 0 Å². The lowest BCUT2D eigenvalue weighted by atomic mass is 9.85. The third-order valence-corrected chi connectivity index (χ3v) is 2.94. The maximum atomic E-state index is 10.7. The van der Waals surface area contributed by atoms with Gasteiger partial charge in [-0.25, -0.2) is 0 Å².